The van der Waals surface area contributed by atoms with Crippen LogP contribution in [0.25, 0.3) is 0 Å². The fraction of sp³-hybridized carbons (Fsp3) is 0.833. The van der Waals surface area contributed by atoms with Crippen molar-refractivity contribution >= 4 is 11.9 Å². The molecular formula is C12H21N3O2. The average Bonchev–Trinajstić information content (AvgIpc) is 2.60. The molecule has 0 radical (unpaired) electrons. The third-order valence-electron chi connectivity index (χ3n) is 3.72. The monoisotopic (exact) mass is 239 g/mol. The summed E-state index contributed by atoms with van der Waals surface area (Å²) in [5.74, 6) is 0.157. The summed E-state index contributed by atoms with van der Waals surface area (Å²) in [5.41, 5.74) is 0.117. The van der Waals surface area contributed by atoms with Gasteiger partial charge < -0.3 is 15.5 Å². The van der Waals surface area contributed by atoms with Crippen molar-refractivity contribution in [3.63, 3.8) is 0 Å². The van der Waals surface area contributed by atoms with Crippen LogP contribution in [0.5, 0.6) is 0 Å². The first-order chi connectivity index (χ1) is 8.01. The molecule has 0 bridgehead atoms. The summed E-state index contributed by atoms with van der Waals surface area (Å²) in [7, 11) is 0. The second-order valence-electron chi connectivity index (χ2n) is 5.54. The summed E-state index contributed by atoms with van der Waals surface area (Å²) >= 11 is 0. The van der Waals surface area contributed by atoms with Gasteiger partial charge in [-0.15, -0.1) is 0 Å². The topological polar surface area (TPSA) is 61.4 Å². The first-order valence-corrected chi connectivity index (χ1v) is 6.33. The zero-order valence-electron chi connectivity index (χ0n) is 10.6. The molecule has 0 aliphatic carbocycles. The zero-order chi connectivity index (χ0) is 12.5. The van der Waals surface area contributed by atoms with Crippen LogP contribution < -0.4 is 10.6 Å². The number of carbonyl (C=O) groups is 2. The normalized spacial score (nSPS) is 23.0. The van der Waals surface area contributed by atoms with Gasteiger partial charge >= 0.3 is 6.03 Å². The fourth-order valence-electron chi connectivity index (χ4n) is 2.63. The van der Waals surface area contributed by atoms with E-state index in [1.165, 1.54) is 0 Å². The Hall–Kier alpha value is -1.26. The Labute approximate surface area is 102 Å². The summed E-state index contributed by atoms with van der Waals surface area (Å²) in [6.07, 6.45) is 2.49. The fourth-order valence-corrected chi connectivity index (χ4v) is 2.63. The van der Waals surface area contributed by atoms with Crippen LogP contribution in [0.15, 0.2) is 0 Å². The van der Waals surface area contributed by atoms with Gasteiger partial charge in [0, 0.05) is 32.1 Å². The third kappa shape index (κ3) is 2.70. The number of rotatable bonds is 1. The predicted molar refractivity (Wildman–Crippen MR) is 64.5 cm³/mol. The van der Waals surface area contributed by atoms with Gasteiger partial charge in [-0.3, -0.25) is 4.79 Å². The molecule has 5 nitrogen and oxygen atoms in total. The minimum absolute atomic E-state index is 0.0205. The Morgan fingerprint density at radius 1 is 1.41 bits per heavy atom. The Balaban J connectivity index is 1.86. The van der Waals surface area contributed by atoms with E-state index in [1.807, 2.05) is 18.7 Å². The summed E-state index contributed by atoms with van der Waals surface area (Å²) in [6, 6.07) is 0.195. The molecular weight excluding hydrogens is 218 g/mol. The van der Waals surface area contributed by atoms with Crippen molar-refractivity contribution in [1.29, 1.82) is 0 Å². The van der Waals surface area contributed by atoms with Crippen molar-refractivity contribution < 1.29 is 9.59 Å². The molecule has 2 rings (SSSR count). The number of hydrogen-bond donors (Lipinski definition) is 2. The molecule has 2 N–H and O–H groups in total. The highest BCUT2D eigenvalue weighted by Gasteiger charge is 2.41. The van der Waals surface area contributed by atoms with Crippen molar-refractivity contribution in [1.82, 2.24) is 15.5 Å². The number of piperidine rings is 1. The van der Waals surface area contributed by atoms with Gasteiger partial charge in [-0.1, -0.05) is 0 Å². The lowest BCUT2D eigenvalue weighted by atomic mass is 9.78. The Morgan fingerprint density at radius 3 is 2.53 bits per heavy atom. The predicted octanol–water partition coefficient (Wildman–Crippen LogP) is 0.706. The molecule has 0 aromatic heterocycles. The first-order valence-electron chi connectivity index (χ1n) is 6.33. The molecule has 0 unspecified atom stereocenters. The van der Waals surface area contributed by atoms with Gasteiger partial charge in [0.1, 0.15) is 0 Å². The van der Waals surface area contributed by atoms with E-state index in [-0.39, 0.29) is 23.4 Å². The van der Waals surface area contributed by atoms with Crippen LogP contribution in [0.3, 0.4) is 0 Å². The second-order valence-corrected chi connectivity index (χ2v) is 5.54. The smallest absolute Gasteiger partial charge is 0.317 e. The molecule has 3 amide bonds. The summed E-state index contributed by atoms with van der Waals surface area (Å²) in [5, 5.41) is 5.80. The van der Waals surface area contributed by atoms with E-state index in [4.69, 9.17) is 0 Å². The van der Waals surface area contributed by atoms with Gasteiger partial charge in [-0.05, 0) is 32.1 Å². The van der Waals surface area contributed by atoms with E-state index in [1.54, 1.807) is 0 Å². The molecule has 0 aromatic carbocycles. The van der Waals surface area contributed by atoms with Gasteiger partial charge in [-0.25, -0.2) is 4.79 Å². The zero-order valence-corrected chi connectivity index (χ0v) is 10.6. The minimum atomic E-state index is 0.0205. The SMILES string of the molecule is CC(C)NC(=O)N1CCC2(CC1)CNC(=O)C2. The number of likely N-dealkylation sites (tertiary alicyclic amines) is 1. The van der Waals surface area contributed by atoms with Crippen LogP contribution in [-0.4, -0.2) is 42.5 Å². The van der Waals surface area contributed by atoms with Crippen molar-refractivity contribution in [2.45, 2.75) is 39.2 Å². The van der Waals surface area contributed by atoms with Crippen LogP contribution in [0, 0.1) is 5.41 Å². The molecule has 2 saturated heterocycles. The Kier molecular flexibility index (Phi) is 3.26. The Bertz CT molecular complexity index is 320. The van der Waals surface area contributed by atoms with Gasteiger partial charge in [0.2, 0.25) is 5.91 Å². The van der Waals surface area contributed by atoms with E-state index < -0.39 is 0 Å². The van der Waals surface area contributed by atoms with Crippen LogP contribution in [0.2, 0.25) is 0 Å². The minimum Gasteiger partial charge on any atom is -0.356 e. The third-order valence-corrected chi connectivity index (χ3v) is 3.72. The molecule has 0 atom stereocenters. The van der Waals surface area contributed by atoms with E-state index in [9.17, 15) is 9.59 Å². The van der Waals surface area contributed by atoms with Crippen molar-refractivity contribution in [2.75, 3.05) is 19.6 Å². The number of nitrogens with one attached hydrogen (secondary N) is 2. The molecule has 0 aromatic rings. The number of urea groups is 1. The van der Waals surface area contributed by atoms with Gasteiger partial charge in [-0.2, -0.15) is 0 Å². The highest BCUT2D eigenvalue weighted by atomic mass is 16.2. The van der Waals surface area contributed by atoms with Crippen molar-refractivity contribution in [3.8, 4) is 0 Å². The lowest BCUT2D eigenvalue weighted by Crippen LogP contribution is -2.49. The standard InChI is InChI=1S/C12H21N3O2/c1-9(2)14-11(17)15-5-3-12(4-6-15)7-10(16)13-8-12/h9H,3-8H2,1-2H3,(H,13,16)(H,14,17). The number of nitrogens with zero attached hydrogens (tertiary/aromatic N) is 1. The second kappa shape index (κ2) is 4.55. The highest BCUT2D eigenvalue weighted by molar-refractivity contribution is 5.79. The van der Waals surface area contributed by atoms with Crippen molar-refractivity contribution in [3.05, 3.63) is 0 Å². The van der Waals surface area contributed by atoms with Crippen LogP contribution in [0.1, 0.15) is 33.1 Å². The van der Waals surface area contributed by atoms with E-state index in [2.05, 4.69) is 10.6 Å². The lowest BCUT2D eigenvalue weighted by molar-refractivity contribution is -0.119. The molecule has 2 aliphatic heterocycles. The number of hydrogen-bond acceptors (Lipinski definition) is 2. The molecule has 5 heteroatoms. The molecule has 2 fully saturated rings. The maximum absolute atomic E-state index is 11.8. The van der Waals surface area contributed by atoms with Crippen molar-refractivity contribution in [2.24, 2.45) is 5.41 Å². The van der Waals surface area contributed by atoms with Crippen LogP contribution >= 0.6 is 0 Å². The summed E-state index contributed by atoms with van der Waals surface area (Å²) in [4.78, 5) is 24.9. The lowest BCUT2D eigenvalue weighted by Gasteiger charge is -2.38. The summed E-state index contributed by atoms with van der Waals surface area (Å²) in [6.45, 7) is 6.22. The van der Waals surface area contributed by atoms with Gasteiger partial charge in [0.05, 0.1) is 0 Å². The van der Waals surface area contributed by atoms with E-state index in [0.29, 0.717) is 6.42 Å². The molecule has 2 heterocycles. The maximum atomic E-state index is 11.8. The van der Waals surface area contributed by atoms with E-state index >= 15 is 0 Å². The van der Waals surface area contributed by atoms with Gasteiger partial charge in [0.15, 0.2) is 0 Å². The Morgan fingerprint density at radius 2 is 2.06 bits per heavy atom. The highest BCUT2D eigenvalue weighted by Crippen LogP contribution is 2.37. The van der Waals surface area contributed by atoms with E-state index in [0.717, 1.165) is 32.5 Å². The molecule has 2 aliphatic rings. The molecule has 17 heavy (non-hydrogen) atoms. The molecule has 1 spiro atoms. The average molecular weight is 239 g/mol. The first kappa shape index (κ1) is 12.2. The van der Waals surface area contributed by atoms with Crippen LogP contribution in [-0.2, 0) is 4.79 Å². The maximum Gasteiger partial charge on any atom is 0.317 e. The van der Waals surface area contributed by atoms with Crippen LogP contribution in [0.4, 0.5) is 4.79 Å². The number of carbonyl (C=O) groups excluding carboxylic acids is 2. The van der Waals surface area contributed by atoms with Gasteiger partial charge in [0.25, 0.3) is 0 Å². The molecule has 0 saturated carbocycles. The quantitative estimate of drug-likeness (QED) is 0.708. The number of amides is 3. The largest absolute Gasteiger partial charge is 0.356 e. The molecule has 96 valence electrons. The summed E-state index contributed by atoms with van der Waals surface area (Å²) < 4.78 is 0.